The monoisotopic (exact) mass is 313 g/mol. The molecular formula is C17H19N3O3. The largest absolute Gasteiger partial charge is 0.437 e. The van der Waals surface area contributed by atoms with E-state index in [1.807, 2.05) is 24.3 Å². The van der Waals surface area contributed by atoms with E-state index in [4.69, 9.17) is 4.42 Å². The molecule has 0 aliphatic carbocycles. The molecule has 0 spiro atoms. The highest BCUT2D eigenvalue weighted by molar-refractivity contribution is 5.91. The van der Waals surface area contributed by atoms with Gasteiger partial charge >= 0.3 is 0 Å². The summed E-state index contributed by atoms with van der Waals surface area (Å²) >= 11 is 0. The lowest BCUT2D eigenvalue weighted by molar-refractivity contribution is -0.130. The maximum Gasteiger partial charge on any atom is 0.246 e. The van der Waals surface area contributed by atoms with Crippen molar-refractivity contribution < 1.29 is 14.0 Å². The molecule has 2 aromatic rings. The van der Waals surface area contributed by atoms with Gasteiger partial charge < -0.3 is 14.2 Å². The first-order valence-electron chi connectivity index (χ1n) is 7.71. The zero-order valence-corrected chi connectivity index (χ0v) is 13.1. The van der Waals surface area contributed by atoms with Gasteiger partial charge in [0.2, 0.25) is 17.7 Å². The Kier molecular flexibility index (Phi) is 4.41. The van der Waals surface area contributed by atoms with Gasteiger partial charge in [-0.1, -0.05) is 12.1 Å². The second-order valence-electron chi connectivity index (χ2n) is 5.54. The Morgan fingerprint density at radius 2 is 1.87 bits per heavy atom. The predicted molar refractivity (Wildman–Crippen MR) is 86.5 cm³/mol. The third-order valence-corrected chi connectivity index (χ3v) is 3.93. The summed E-state index contributed by atoms with van der Waals surface area (Å²) < 4.78 is 5.56. The molecule has 2 heterocycles. The summed E-state index contributed by atoms with van der Waals surface area (Å²) in [5.74, 6) is 0.388. The Balaban J connectivity index is 1.65. The number of aromatic nitrogens is 1. The number of amides is 2. The third-order valence-electron chi connectivity index (χ3n) is 3.93. The fourth-order valence-corrected chi connectivity index (χ4v) is 2.66. The second-order valence-corrected chi connectivity index (χ2v) is 5.54. The standard InChI is InChI=1S/C17H19N3O3/c1-13(21)19-9-4-10-20(12-11-19)17(22)8-7-16-18-14-5-2-3-6-15(14)23-16/h2-3,5-8H,4,9-12H2,1H3. The van der Waals surface area contributed by atoms with Crippen molar-refractivity contribution in [2.24, 2.45) is 0 Å². The third kappa shape index (κ3) is 3.59. The van der Waals surface area contributed by atoms with Gasteiger partial charge in [-0.25, -0.2) is 4.98 Å². The number of hydrogen-bond donors (Lipinski definition) is 0. The lowest BCUT2D eigenvalue weighted by atomic mass is 10.3. The topological polar surface area (TPSA) is 66.7 Å². The van der Waals surface area contributed by atoms with Crippen molar-refractivity contribution in [3.05, 3.63) is 36.2 Å². The number of rotatable bonds is 2. The summed E-state index contributed by atoms with van der Waals surface area (Å²) in [5.41, 5.74) is 1.47. The van der Waals surface area contributed by atoms with Gasteiger partial charge in [-0.2, -0.15) is 0 Å². The van der Waals surface area contributed by atoms with E-state index in [1.54, 1.807) is 22.8 Å². The van der Waals surface area contributed by atoms with Gasteiger partial charge in [0.25, 0.3) is 0 Å². The van der Waals surface area contributed by atoms with E-state index >= 15 is 0 Å². The van der Waals surface area contributed by atoms with E-state index in [9.17, 15) is 9.59 Å². The number of carbonyl (C=O) groups excluding carboxylic acids is 2. The van der Waals surface area contributed by atoms with Crippen molar-refractivity contribution in [3.8, 4) is 0 Å². The van der Waals surface area contributed by atoms with Crippen molar-refractivity contribution in [3.63, 3.8) is 0 Å². The van der Waals surface area contributed by atoms with Gasteiger partial charge in [-0.15, -0.1) is 0 Å². The van der Waals surface area contributed by atoms with E-state index < -0.39 is 0 Å². The van der Waals surface area contributed by atoms with Gasteiger partial charge in [0.15, 0.2) is 5.58 Å². The van der Waals surface area contributed by atoms with Crippen LogP contribution in [0.5, 0.6) is 0 Å². The number of para-hydroxylation sites is 2. The molecule has 1 aliphatic heterocycles. The van der Waals surface area contributed by atoms with Crippen LogP contribution in [0.2, 0.25) is 0 Å². The van der Waals surface area contributed by atoms with Crippen molar-refractivity contribution in [1.82, 2.24) is 14.8 Å². The molecule has 6 nitrogen and oxygen atoms in total. The molecule has 0 unspecified atom stereocenters. The number of hydrogen-bond acceptors (Lipinski definition) is 4. The molecule has 0 saturated carbocycles. The first-order valence-corrected chi connectivity index (χ1v) is 7.71. The average molecular weight is 313 g/mol. The number of oxazole rings is 1. The molecule has 0 N–H and O–H groups in total. The van der Waals surface area contributed by atoms with Gasteiger partial charge in [0, 0.05) is 45.3 Å². The molecule has 1 aromatic heterocycles. The Labute approximate surface area is 134 Å². The molecule has 3 rings (SSSR count). The Bertz CT molecular complexity index is 717. The first kappa shape index (κ1) is 15.3. The van der Waals surface area contributed by atoms with Crippen LogP contribution in [-0.2, 0) is 9.59 Å². The normalized spacial score (nSPS) is 16.0. The van der Waals surface area contributed by atoms with E-state index in [0.717, 1.165) is 11.9 Å². The molecule has 1 aromatic carbocycles. The fourth-order valence-electron chi connectivity index (χ4n) is 2.66. The smallest absolute Gasteiger partial charge is 0.246 e. The van der Waals surface area contributed by atoms with Crippen molar-refractivity contribution in [2.45, 2.75) is 13.3 Å². The second kappa shape index (κ2) is 6.64. The molecule has 6 heteroatoms. The molecule has 0 bridgehead atoms. The van der Waals surface area contributed by atoms with Crippen LogP contribution in [0, 0.1) is 0 Å². The number of nitrogens with zero attached hydrogens (tertiary/aromatic N) is 3. The molecule has 120 valence electrons. The predicted octanol–water partition coefficient (Wildman–Crippen LogP) is 1.92. The minimum atomic E-state index is -0.0855. The fraction of sp³-hybridized carbons (Fsp3) is 0.353. The average Bonchev–Trinajstić information content (AvgIpc) is 2.79. The molecule has 1 fully saturated rings. The Morgan fingerprint density at radius 1 is 1.13 bits per heavy atom. The maximum atomic E-state index is 12.3. The van der Waals surface area contributed by atoms with Crippen molar-refractivity contribution >= 4 is 29.0 Å². The Morgan fingerprint density at radius 3 is 2.65 bits per heavy atom. The minimum Gasteiger partial charge on any atom is -0.437 e. The van der Waals surface area contributed by atoms with Crippen LogP contribution in [0.3, 0.4) is 0 Å². The first-order chi connectivity index (χ1) is 11.1. The highest BCUT2D eigenvalue weighted by Crippen LogP contribution is 2.15. The van der Waals surface area contributed by atoms with Crippen LogP contribution >= 0.6 is 0 Å². The van der Waals surface area contributed by atoms with Gasteiger partial charge in [-0.3, -0.25) is 9.59 Å². The van der Waals surface area contributed by atoms with Gasteiger partial charge in [-0.05, 0) is 18.6 Å². The number of benzene rings is 1. The van der Waals surface area contributed by atoms with Crippen LogP contribution in [0.4, 0.5) is 0 Å². The molecule has 1 aliphatic rings. The Hall–Kier alpha value is -2.63. The quantitative estimate of drug-likeness (QED) is 0.795. The zero-order valence-electron chi connectivity index (χ0n) is 13.1. The summed E-state index contributed by atoms with van der Waals surface area (Å²) in [5, 5.41) is 0. The van der Waals surface area contributed by atoms with Crippen LogP contribution in [0.1, 0.15) is 19.2 Å². The molecule has 23 heavy (non-hydrogen) atoms. The van der Waals surface area contributed by atoms with Gasteiger partial charge in [0.05, 0.1) is 0 Å². The number of fused-ring (bicyclic) bond motifs is 1. The summed E-state index contributed by atoms with van der Waals surface area (Å²) in [6.45, 7) is 4.05. The van der Waals surface area contributed by atoms with Crippen molar-refractivity contribution in [2.75, 3.05) is 26.2 Å². The molecule has 2 amide bonds. The highest BCUT2D eigenvalue weighted by atomic mass is 16.3. The van der Waals surface area contributed by atoms with E-state index in [-0.39, 0.29) is 11.8 Å². The SMILES string of the molecule is CC(=O)N1CCCN(C(=O)C=Cc2nc3ccccc3o2)CC1. The van der Waals surface area contributed by atoms with E-state index in [0.29, 0.717) is 37.7 Å². The van der Waals surface area contributed by atoms with Crippen molar-refractivity contribution in [1.29, 1.82) is 0 Å². The molecule has 1 saturated heterocycles. The zero-order chi connectivity index (χ0) is 16.2. The summed E-state index contributed by atoms with van der Waals surface area (Å²) in [6.07, 6.45) is 3.87. The van der Waals surface area contributed by atoms with Crippen LogP contribution in [0.15, 0.2) is 34.8 Å². The lowest BCUT2D eigenvalue weighted by Crippen LogP contribution is -2.35. The van der Waals surface area contributed by atoms with Crippen LogP contribution < -0.4 is 0 Å². The summed E-state index contributed by atoms with van der Waals surface area (Å²) in [7, 11) is 0. The van der Waals surface area contributed by atoms with Gasteiger partial charge in [0.1, 0.15) is 5.52 Å². The molecule has 0 atom stereocenters. The summed E-state index contributed by atoms with van der Waals surface area (Å²) in [4.78, 5) is 31.5. The number of carbonyl (C=O) groups is 2. The van der Waals surface area contributed by atoms with E-state index in [2.05, 4.69) is 4.98 Å². The van der Waals surface area contributed by atoms with E-state index in [1.165, 1.54) is 6.08 Å². The molecule has 0 radical (unpaired) electrons. The molecular weight excluding hydrogens is 294 g/mol. The van der Waals surface area contributed by atoms with Crippen LogP contribution in [-0.4, -0.2) is 52.8 Å². The lowest BCUT2D eigenvalue weighted by Gasteiger charge is -2.20. The van der Waals surface area contributed by atoms with Crippen LogP contribution in [0.25, 0.3) is 17.2 Å². The maximum absolute atomic E-state index is 12.3. The minimum absolute atomic E-state index is 0.0568. The summed E-state index contributed by atoms with van der Waals surface area (Å²) in [6, 6.07) is 7.47. The highest BCUT2D eigenvalue weighted by Gasteiger charge is 2.18.